The molecule has 0 aliphatic heterocycles. The Bertz CT molecular complexity index is 712. The second-order valence-electron chi connectivity index (χ2n) is 4.46. The van der Waals surface area contributed by atoms with E-state index in [1.807, 2.05) is 19.2 Å². The summed E-state index contributed by atoms with van der Waals surface area (Å²) < 4.78 is 1.04. The molecule has 0 saturated carbocycles. The molecule has 0 radical (unpaired) electrons. The zero-order valence-electron chi connectivity index (χ0n) is 10.9. The topological polar surface area (TPSA) is 88.0 Å². The van der Waals surface area contributed by atoms with Gasteiger partial charge in [0.05, 0.1) is 11.3 Å². The number of aromatic hydroxyl groups is 1. The molecule has 19 heavy (non-hydrogen) atoms. The van der Waals surface area contributed by atoms with Crippen LogP contribution in [0.3, 0.4) is 0 Å². The number of H-pyrrole nitrogens is 1. The van der Waals surface area contributed by atoms with Gasteiger partial charge in [0.15, 0.2) is 0 Å². The minimum atomic E-state index is -0.677. The highest BCUT2D eigenvalue weighted by molar-refractivity contribution is 7.12. The molecular formula is C12H15N3O3S. The quantitative estimate of drug-likeness (QED) is 0.889. The predicted octanol–water partition coefficient (Wildman–Crippen LogP) is 1.37. The van der Waals surface area contributed by atoms with Crippen molar-refractivity contribution in [3.8, 4) is 11.0 Å². The Balaban J connectivity index is 2.68. The second kappa shape index (κ2) is 5.00. The Morgan fingerprint density at radius 1 is 1.47 bits per heavy atom. The summed E-state index contributed by atoms with van der Waals surface area (Å²) in [5, 5.41) is 12.3. The highest BCUT2D eigenvalue weighted by atomic mass is 32.1. The van der Waals surface area contributed by atoms with Crippen LogP contribution in [0.1, 0.15) is 37.9 Å². The number of thiazole rings is 1. The van der Waals surface area contributed by atoms with Crippen LogP contribution in [0.2, 0.25) is 0 Å². The van der Waals surface area contributed by atoms with E-state index in [-0.39, 0.29) is 17.4 Å². The molecule has 0 saturated heterocycles. The molecule has 0 spiro atoms. The third-order valence-electron chi connectivity index (χ3n) is 2.83. The highest BCUT2D eigenvalue weighted by Gasteiger charge is 2.17. The lowest BCUT2D eigenvalue weighted by Crippen LogP contribution is -2.31. The van der Waals surface area contributed by atoms with E-state index in [0.717, 1.165) is 10.3 Å². The zero-order valence-corrected chi connectivity index (χ0v) is 11.7. The molecule has 0 atom stereocenters. The van der Waals surface area contributed by atoms with Crippen molar-refractivity contribution in [2.24, 2.45) is 0 Å². The molecule has 0 bridgehead atoms. The van der Waals surface area contributed by atoms with Gasteiger partial charge in [0.1, 0.15) is 0 Å². The Hall–Kier alpha value is -1.89. The van der Waals surface area contributed by atoms with Crippen molar-refractivity contribution < 1.29 is 5.11 Å². The first kappa shape index (κ1) is 13.5. The highest BCUT2D eigenvalue weighted by Crippen LogP contribution is 2.23. The van der Waals surface area contributed by atoms with Crippen molar-refractivity contribution >= 4 is 11.3 Å². The number of hydrogen-bond acceptors (Lipinski definition) is 5. The lowest BCUT2D eigenvalue weighted by molar-refractivity contribution is 0.423. The molecule has 2 rings (SSSR count). The zero-order chi connectivity index (χ0) is 14.2. The van der Waals surface area contributed by atoms with Crippen molar-refractivity contribution in [2.75, 3.05) is 0 Å². The Morgan fingerprint density at radius 2 is 2.16 bits per heavy atom. The molecule has 102 valence electrons. The van der Waals surface area contributed by atoms with E-state index >= 15 is 0 Å². The maximum absolute atomic E-state index is 11.8. The lowest BCUT2D eigenvalue weighted by atomic mass is 10.2. The first-order valence-corrected chi connectivity index (χ1v) is 6.86. The number of aromatic nitrogens is 3. The molecule has 6 nitrogen and oxygen atoms in total. The molecular weight excluding hydrogens is 266 g/mol. The molecule has 0 unspecified atom stereocenters. The van der Waals surface area contributed by atoms with Crippen molar-refractivity contribution in [1.82, 2.24) is 14.5 Å². The summed E-state index contributed by atoms with van der Waals surface area (Å²) in [6.07, 6.45) is 0.337. The Labute approximate surface area is 113 Å². The molecule has 0 aromatic carbocycles. The summed E-state index contributed by atoms with van der Waals surface area (Å²) in [4.78, 5) is 29.9. The van der Waals surface area contributed by atoms with Crippen molar-refractivity contribution in [3.63, 3.8) is 0 Å². The van der Waals surface area contributed by atoms with E-state index in [1.165, 1.54) is 11.3 Å². The third kappa shape index (κ3) is 2.33. The van der Waals surface area contributed by atoms with Gasteiger partial charge in [0.2, 0.25) is 11.0 Å². The van der Waals surface area contributed by atoms with Crippen LogP contribution in [0, 0.1) is 0 Å². The van der Waals surface area contributed by atoms with Gasteiger partial charge in [-0.1, -0.05) is 20.8 Å². The lowest BCUT2D eigenvalue weighted by Gasteiger charge is -2.07. The van der Waals surface area contributed by atoms with E-state index in [4.69, 9.17) is 0 Å². The predicted molar refractivity (Wildman–Crippen MR) is 73.5 cm³/mol. The van der Waals surface area contributed by atoms with Crippen molar-refractivity contribution in [3.05, 3.63) is 37.5 Å². The van der Waals surface area contributed by atoms with Crippen LogP contribution in [-0.2, 0) is 6.42 Å². The Kier molecular flexibility index (Phi) is 3.57. The molecule has 0 aliphatic rings. The molecule has 2 N–H and O–H groups in total. The van der Waals surface area contributed by atoms with E-state index in [0.29, 0.717) is 11.6 Å². The molecule has 0 aliphatic carbocycles. The molecule has 2 heterocycles. The number of nitrogens with one attached hydrogen (secondary N) is 1. The van der Waals surface area contributed by atoms with Crippen LogP contribution in [0.5, 0.6) is 5.88 Å². The molecule has 2 aromatic heterocycles. The first-order valence-electron chi connectivity index (χ1n) is 5.98. The molecule has 2 aromatic rings. The standard InChI is InChI=1S/C12H15N3O3S/c1-4-7-9(16)14-11(18)15(10(7)17)12-13-8(5-19-12)6(2)3/h5-6,17H,4H2,1-3H3,(H,14,16,18). The van der Waals surface area contributed by atoms with Gasteiger partial charge in [-0.2, -0.15) is 0 Å². The summed E-state index contributed by atoms with van der Waals surface area (Å²) in [6.45, 7) is 5.72. The molecule has 0 fully saturated rings. The van der Waals surface area contributed by atoms with Crippen LogP contribution < -0.4 is 11.2 Å². The summed E-state index contributed by atoms with van der Waals surface area (Å²) in [5.74, 6) is -0.0999. The van der Waals surface area contributed by atoms with Crippen LogP contribution in [-0.4, -0.2) is 19.6 Å². The van der Waals surface area contributed by atoms with Gasteiger partial charge < -0.3 is 5.11 Å². The number of nitrogens with zero attached hydrogens (tertiary/aromatic N) is 2. The van der Waals surface area contributed by atoms with E-state index in [9.17, 15) is 14.7 Å². The van der Waals surface area contributed by atoms with Gasteiger partial charge in [0, 0.05) is 5.38 Å². The normalized spacial score (nSPS) is 11.2. The van der Waals surface area contributed by atoms with Gasteiger partial charge in [-0.25, -0.2) is 14.3 Å². The van der Waals surface area contributed by atoms with Gasteiger partial charge in [-0.3, -0.25) is 9.78 Å². The van der Waals surface area contributed by atoms with Crippen LogP contribution in [0.4, 0.5) is 0 Å². The third-order valence-corrected chi connectivity index (χ3v) is 3.67. The molecule has 7 heteroatoms. The average Bonchev–Trinajstić information content (AvgIpc) is 2.78. The van der Waals surface area contributed by atoms with Gasteiger partial charge in [0.25, 0.3) is 5.56 Å². The van der Waals surface area contributed by atoms with Crippen LogP contribution >= 0.6 is 11.3 Å². The number of aromatic amines is 1. The fraction of sp³-hybridized carbons (Fsp3) is 0.417. The summed E-state index contributed by atoms with van der Waals surface area (Å²) >= 11 is 1.25. The van der Waals surface area contributed by atoms with Crippen molar-refractivity contribution in [1.29, 1.82) is 0 Å². The van der Waals surface area contributed by atoms with E-state index in [2.05, 4.69) is 9.97 Å². The largest absolute Gasteiger partial charge is 0.494 e. The fourth-order valence-corrected chi connectivity index (χ4v) is 2.69. The van der Waals surface area contributed by atoms with Gasteiger partial charge in [-0.05, 0) is 12.3 Å². The number of rotatable bonds is 3. The fourth-order valence-electron chi connectivity index (χ4n) is 1.70. The van der Waals surface area contributed by atoms with Crippen LogP contribution in [0.15, 0.2) is 15.0 Å². The Morgan fingerprint density at radius 3 is 2.68 bits per heavy atom. The monoisotopic (exact) mass is 281 g/mol. The smallest absolute Gasteiger partial charge is 0.337 e. The van der Waals surface area contributed by atoms with Crippen LogP contribution in [0.25, 0.3) is 5.13 Å². The van der Waals surface area contributed by atoms with Crippen molar-refractivity contribution in [2.45, 2.75) is 33.1 Å². The van der Waals surface area contributed by atoms with E-state index in [1.54, 1.807) is 6.92 Å². The maximum atomic E-state index is 11.8. The summed E-state index contributed by atoms with van der Waals surface area (Å²) in [6, 6.07) is 0. The maximum Gasteiger partial charge on any atom is 0.337 e. The number of hydrogen-bond donors (Lipinski definition) is 2. The van der Waals surface area contributed by atoms with Gasteiger partial charge in [-0.15, -0.1) is 11.3 Å². The SMILES string of the molecule is CCc1c(O)n(-c2nc(C(C)C)cs2)c(=O)[nH]c1=O. The summed E-state index contributed by atoms with van der Waals surface area (Å²) in [7, 11) is 0. The van der Waals surface area contributed by atoms with Gasteiger partial charge >= 0.3 is 5.69 Å². The minimum Gasteiger partial charge on any atom is -0.494 e. The minimum absolute atomic E-state index is 0.181. The second-order valence-corrected chi connectivity index (χ2v) is 5.30. The first-order chi connectivity index (χ1) is 8.95. The molecule has 0 amide bonds. The van der Waals surface area contributed by atoms with E-state index < -0.39 is 11.2 Å². The average molecular weight is 281 g/mol. The summed E-state index contributed by atoms with van der Waals surface area (Å²) in [5.41, 5.74) is -0.206.